The lowest BCUT2D eigenvalue weighted by atomic mass is 10.0. The SMILES string of the molecule is COc1cc(C=NNC(=O)c2[nH]c3c(Cl)cccc3c2-c2ccccc2)ccc1OC(=O)c1ccc2c(c1)OCO2. The molecule has 0 saturated heterocycles. The molecule has 0 unspecified atom stereocenters. The molecule has 0 fully saturated rings. The first-order valence-electron chi connectivity index (χ1n) is 12.5. The van der Waals surface area contributed by atoms with Crippen LogP contribution >= 0.6 is 11.6 Å². The molecule has 0 atom stereocenters. The van der Waals surface area contributed by atoms with E-state index in [1.165, 1.54) is 13.3 Å². The van der Waals surface area contributed by atoms with E-state index in [0.717, 1.165) is 16.5 Å². The number of benzene rings is 4. The highest BCUT2D eigenvalue weighted by atomic mass is 35.5. The molecule has 9 nitrogen and oxygen atoms in total. The highest BCUT2D eigenvalue weighted by molar-refractivity contribution is 6.36. The number of nitrogens with zero attached hydrogens (tertiary/aromatic N) is 1. The molecule has 1 aromatic heterocycles. The predicted octanol–water partition coefficient (Wildman–Crippen LogP) is 6.21. The maximum absolute atomic E-state index is 13.2. The highest BCUT2D eigenvalue weighted by Gasteiger charge is 2.21. The first-order valence-corrected chi connectivity index (χ1v) is 12.9. The van der Waals surface area contributed by atoms with Crippen molar-refractivity contribution in [2.75, 3.05) is 13.9 Å². The number of hydrogen-bond acceptors (Lipinski definition) is 7. The first kappa shape index (κ1) is 26.0. The number of methoxy groups -OCH3 is 1. The van der Waals surface area contributed by atoms with Crippen molar-refractivity contribution in [1.82, 2.24) is 10.4 Å². The summed E-state index contributed by atoms with van der Waals surface area (Å²) in [7, 11) is 1.46. The number of amides is 1. The van der Waals surface area contributed by atoms with Gasteiger partial charge in [-0.2, -0.15) is 5.10 Å². The van der Waals surface area contributed by atoms with Gasteiger partial charge in [-0.1, -0.05) is 54.1 Å². The third-order valence-corrected chi connectivity index (χ3v) is 6.77. The summed E-state index contributed by atoms with van der Waals surface area (Å²) in [6, 6.07) is 24.8. The molecule has 0 bridgehead atoms. The van der Waals surface area contributed by atoms with Gasteiger partial charge in [0.1, 0.15) is 5.69 Å². The number of para-hydroxylation sites is 1. The van der Waals surface area contributed by atoms with Crippen LogP contribution in [-0.2, 0) is 0 Å². The van der Waals surface area contributed by atoms with Gasteiger partial charge in [-0.15, -0.1) is 0 Å². The maximum atomic E-state index is 13.2. The topological polar surface area (TPSA) is 111 Å². The Hall–Kier alpha value is -5.28. The molecule has 0 aliphatic carbocycles. The lowest BCUT2D eigenvalue weighted by molar-refractivity contribution is 0.0729. The van der Waals surface area contributed by atoms with Gasteiger partial charge in [0.15, 0.2) is 23.0 Å². The third-order valence-electron chi connectivity index (χ3n) is 6.45. The number of hydrazone groups is 1. The Morgan fingerprint density at radius 3 is 2.61 bits per heavy atom. The summed E-state index contributed by atoms with van der Waals surface area (Å²) in [5, 5.41) is 5.46. The van der Waals surface area contributed by atoms with E-state index in [-0.39, 0.29) is 12.5 Å². The minimum atomic E-state index is -0.581. The van der Waals surface area contributed by atoms with E-state index in [0.29, 0.717) is 44.6 Å². The molecule has 1 amide bonds. The monoisotopic (exact) mass is 567 g/mol. The minimum absolute atomic E-state index is 0.107. The number of carbonyl (C=O) groups excluding carboxylic acids is 2. The Morgan fingerprint density at radius 1 is 0.951 bits per heavy atom. The summed E-state index contributed by atoms with van der Waals surface area (Å²) in [6.07, 6.45) is 1.46. The summed E-state index contributed by atoms with van der Waals surface area (Å²) in [6.45, 7) is 0.107. The molecular weight excluding hydrogens is 546 g/mol. The van der Waals surface area contributed by atoms with Crippen LogP contribution in [0.2, 0.25) is 5.02 Å². The van der Waals surface area contributed by atoms with Crippen LogP contribution in [0.15, 0.2) is 90.0 Å². The normalized spacial score (nSPS) is 12.0. The van der Waals surface area contributed by atoms with Crippen LogP contribution in [0.25, 0.3) is 22.0 Å². The van der Waals surface area contributed by atoms with Gasteiger partial charge in [0.25, 0.3) is 5.91 Å². The van der Waals surface area contributed by atoms with Crippen molar-refractivity contribution in [2.24, 2.45) is 5.10 Å². The largest absolute Gasteiger partial charge is 0.493 e. The van der Waals surface area contributed by atoms with Crippen LogP contribution in [-0.4, -0.2) is 37.0 Å². The van der Waals surface area contributed by atoms with Crippen molar-refractivity contribution in [3.63, 3.8) is 0 Å². The van der Waals surface area contributed by atoms with Gasteiger partial charge in [0.2, 0.25) is 6.79 Å². The average molecular weight is 568 g/mol. The van der Waals surface area contributed by atoms with Crippen LogP contribution in [0.1, 0.15) is 26.4 Å². The molecule has 0 radical (unpaired) electrons. The highest BCUT2D eigenvalue weighted by Crippen LogP contribution is 2.36. The number of aromatic amines is 1. The molecule has 0 spiro atoms. The van der Waals surface area contributed by atoms with Gasteiger partial charge in [0, 0.05) is 10.9 Å². The van der Waals surface area contributed by atoms with Crippen molar-refractivity contribution < 1.29 is 28.5 Å². The lowest BCUT2D eigenvalue weighted by Crippen LogP contribution is -2.18. The van der Waals surface area contributed by atoms with Gasteiger partial charge < -0.3 is 23.9 Å². The number of aromatic nitrogens is 1. The Bertz CT molecular complexity index is 1820. The standard InChI is InChI=1S/C31H22ClN3O6/c1-38-25-14-18(10-12-24(25)41-31(37)20-11-13-23-26(15-20)40-17-39-23)16-33-35-30(36)29-27(19-6-3-2-4-7-19)21-8-5-9-22(32)28(21)34-29/h2-16,34H,17H2,1H3,(H,35,36). The zero-order valence-electron chi connectivity index (χ0n) is 21.6. The van der Waals surface area contributed by atoms with E-state index >= 15 is 0 Å². The Morgan fingerprint density at radius 2 is 1.78 bits per heavy atom. The maximum Gasteiger partial charge on any atom is 0.343 e. The molecule has 0 saturated carbocycles. The summed E-state index contributed by atoms with van der Waals surface area (Å²) < 4.78 is 21.6. The van der Waals surface area contributed by atoms with E-state index in [1.807, 2.05) is 42.5 Å². The van der Waals surface area contributed by atoms with E-state index in [9.17, 15) is 9.59 Å². The van der Waals surface area contributed by atoms with Crippen LogP contribution < -0.4 is 24.4 Å². The van der Waals surface area contributed by atoms with Gasteiger partial charge in [0.05, 0.1) is 29.4 Å². The fourth-order valence-corrected chi connectivity index (χ4v) is 4.73. The number of H-pyrrole nitrogens is 1. The molecule has 1 aliphatic heterocycles. The average Bonchev–Trinajstić information content (AvgIpc) is 3.63. The molecule has 10 heteroatoms. The van der Waals surface area contributed by atoms with Crippen LogP contribution in [0.5, 0.6) is 23.0 Å². The van der Waals surface area contributed by atoms with Gasteiger partial charge >= 0.3 is 5.97 Å². The minimum Gasteiger partial charge on any atom is -0.493 e. The smallest absolute Gasteiger partial charge is 0.343 e. The summed E-state index contributed by atoms with van der Waals surface area (Å²) in [4.78, 5) is 29.1. The number of rotatable bonds is 7. The Balaban J connectivity index is 1.19. The van der Waals surface area contributed by atoms with Crippen molar-refractivity contribution in [3.05, 3.63) is 107 Å². The third kappa shape index (κ3) is 5.18. The number of nitrogens with one attached hydrogen (secondary N) is 2. The fourth-order valence-electron chi connectivity index (χ4n) is 4.51. The molecule has 4 aromatic carbocycles. The molecular formula is C31H22ClN3O6. The van der Waals surface area contributed by atoms with Crippen LogP contribution in [0, 0.1) is 0 Å². The zero-order chi connectivity index (χ0) is 28.3. The molecule has 2 heterocycles. The number of ether oxygens (including phenoxy) is 4. The van der Waals surface area contributed by atoms with Crippen LogP contribution in [0.3, 0.4) is 0 Å². The zero-order valence-corrected chi connectivity index (χ0v) is 22.4. The fraction of sp³-hybridized carbons (Fsp3) is 0.0645. The van der Waals surface area contributed by atoms with E-state index < -0.39 is 11.9 Å². The van der Waals surface area contributed by atoms with Crippen molar-refractivity contribution in [3.8, 4) is 34.1 Å². The molecule has 41 heavy (non-hydrogen) atoms. The van der Waals surface area contributed by atoms with E-state index in [1.54, 1.807) is 42.5 Å². The number of halogens is 1. The number of carbonyl (C=O) groups is 2. The van der Waals surface area contributed by atoms with Gasteiger partial charge in [-0.25, -0.2) is 10.2 Å². The molecule has 1 aliphatic rings. The predicted molar refractivity (Wildman–Crippen MR) is 154 cm³/mol. The number of fused-ring (bicyclic) bond motifs is 2. The first-order chi connectivity index (χ1) is 20.0. The number of hydrogen-bond donors (Lipinski definition) is 2. The molecule has 204 valence electrons. The lowest BCUT2D eigenvalue weighted by Gasteiger charge is -2.10. The Labute approximate surface area is 239 Å². The second-order valence-electron chi connectivity index (χ2n) is 8.97. The summed E-state index contributed by atoms with van der Waals surface area (Å²) in [5.41, 5.74) is 6.07. The van der Waals surface area contributed by atoms with Crippen molar-refractivity contribution in [1.29, 1.82) is 0 Å². The summed E-state index contributed by atoms with van der Waals surface area (Å²) >= 11 is 6.40. The second-order valence-corrected chi connectivity index (χ2v) is 9.38. The second kappa shape index (κ2) is 11.1. The van der Waals surface area contributed by atoms with Gasteiger partial charge in [-0.05, 0) is 53.6 Å². The summed E-state index contributed by atoms with van der Waals surface area (Å²) in [5.74, 6) is 0.562. The molecule has 5 aromatic rings. The Kier molecular flexibility index (Phi) is 7.01. The van der Waals surface area contributed by atoms with Crippen LogP contribution in [0.4, 0.5) is 0 Å². The van der Waals surface area contributed by atoms with Gasteiger partial charge in [-0.3, -0.25) is 4.79 Å². The van der Waals surface area contributed by atoms with Crippen molar-refractivity contribution >= 4 is 40.6 Å². The number of esters is 1. The van der Waals surface area contributed by atoms with E-state index in [2.05, 4.69) is 15.5 Å². The quantitative estimate of drug-likeness (QED) is 0.105. The van der Waals surface area contributed by atoms with E-state index in [4.69, 9.17) is 30.5 Å². The van der Waals surface area contributed by atoms with Crippen molar-refractivity contribution in [2.45, 2.75) is 0 Å². The molecule has 6 rings (SSSR count). The molecule has 2 N–H and O–H groups in total.